The summed E-state index contributed by atoms with van der Waals surface area (Å²) in [6, 6.07) is 0. The first-order valence-corrected chi connectivity index (χ1v) is 6.77. The van der Waals surface area contributed by atoms with Gasteiger partial charge in [0.2, 0.25) is 5.88 Å². The van der Waals surface area contributed by atoms with Crippen LogP contribution >= 0.6 is 11.7 Å². The molecule has 0 aromatic carbocycles. The molecule has 0 saturated heterocycles. The maximum absolute atomic E-state index is 9.82. The Bertz CT molecular complexity index is 499. The van der Waals surface area contributed by atoms with E-state index in [9.17, 15) is 5.11 Å². The average molecular weight is 283 g/mol. The number of anilines is 1. The topological polar surface area (TPSA) is 85.1 Å². The van der Waals surface area contributed by atoms with Gasteiger partial charge >= 0.3 is 0 Å². The Kier molecular flexibility index (Phi) is 4.69. The summed E-state index contributed by atoms with van der Waals surface area (Å²) in [5.74, 6) is 0.444. The molecule has 19 heavy (non-hydrogen) atoms. The molecule has 2 aromatic heterocycles. The van der Waals surface area contributed by atoms with Crippen LogP contribution in [0.3, 0.4) is 0 Å². The lowest BCUT2D eigenvalue weighted by atomic mass is 10.3. The molecule has 0 radical (unpaired) electrons. The number of aromatic nitrogens is 4. The molecule has 0 saturated carbocycles. The molecule has 0 aliphatic carbocycles. The Morgan fingerprint density at radius 3 is 3.11 bits per heavy atom. The molecule has 1 atom stereocenters. The van der Waals surface area contributed by atoms with E-state index in [1.165, 1.54) is 6.20 Å². The molecule has 0 aliphatic rings. The molecule has 2 rings (SSSR count). The van der Waals surface area contributed by atoms with Gasteiger partial charge in [-0.1, -0.05) is 6.92 Å². The average Bonchev–Trinajstić information content (AvgIpc) is 3.02. The summed E-state index contributed by atoms with van der Waals surface area (Å²) in [6.07, 6.45) is 3.66. The van der Waals surface area contributed by atoms with Crippen LogP contribution in [0.15, 0.2) is 12.4 Å². The highest BCUT2D eigenvalue weighted by Gasteiger charge is 2.10. The van der Waals surface area contributed by atoms with E-state index >= 15 is 0 Å². The zero-order valence-corrected chi connectivity index (χ0v) is 11.7. The summed E-state index contributed by atoms with van der Waals surface area (Å²) < 4.78 is 14.8. The van der Waals surface area contributed by atoms with Crippen molar-refractivity contribution < 1.29 is 9.84 Å². The Morgan fingerprint density at radius 1 is 1.58 bits per heavy atom. The van der Waals surface area contributed by atoms with Gasteiger partial charge < -0.3 is 15.2 Å². The standard InChI is InChI=1S/C11H17N5O2S/c1-3-9-10(6-16(2)14-9)12-4-8(17)7-18-11-5-13-19-15-11/h5-6,8,12,17H,3-4,7H2,1-2H3. The van der Waals surface area contributed by atoms with Gasteiger partial charge in [0.1, 0.15) is 18.9 Å². The second-order valence-corrected chi connectivity index (χ2v) is 4.66. The first kappa shape index (κ1) is 13.8. The Labute approximate surface area is 115 Å². The molecule has 0 bridgehead atoms. The third-order valence-electron chi connectivity index (χ3n) is 2.53. The van der Waals surface area contributed by atoms with Crippen LogP contribution in [0.1, 0.15) is 12.6 Å². The van der Waals surface area contributed by atoms with Gasteiger partial charge in [0.15, 0.2) is 0 Å². The van der Waals surface area contributed by atoms with Gasteiger partial charge in [-0.3, -0.25) is 4.68 Å². The smallest absolute Gasteiger partial charge is 0.245 e. The Balaban J connectivity index is 1.78. The normalized spacial score (nSPS) is 12.4. The molecule has 2 aromatic rings. The van der Waals surface area contributed by atoms with E-state index in [-0.39, 0.29) is 6.61 Å². The summed E-state index contributed by atoms with van der Waals surface area (Å²) in [6.45, 7) is 2.62. The Hall–Kier alpha value is -1.67. The Morgan fingerprint density at radius 2 is 2.42 bits per heavy atom. The third kappa shape index (κ3) is 3.90. The molecule has 1 unspecified atom stereocenters. The summed E-state index contributed by atoms with van der Waals surface area (Å²) in [5, 5.41) is 17.3. The number of ether oxygens (including phenoxy) is 1. The van der Waals surface area contributed by atoms with Crippen molar-refractivity contribution in [3.05, 3.63) is 18.1 Å². The van der Waals surface area contributed by atoms with Crippen LogP contribution in [-0.4, -0.2) is 42.9 Å². The number of aryl methyl sites for hydroxylation is 2. The SMILES string of the molecule is CCc1nn(C)cc1NCC(O)COc1cnsn1. The van der Waals surface area contributed by atoms with Gasteiger partial charge in [-0.25, -0.2) is 0 Å². The molecular formula is C11H17N5O2S. The zero-order chi connectivity index (χ0) is 13.7. The lowest BCUT2D eigenvalue weighted by Crippen LogP contribution is -2.26. The van der Waals surface area contributed by atoms with Crippen molar-refractivity contribution in [2.45, 2.75) is 19.4 Å². The number of hydrogen-bond acceptors (Lipinski definition) is 7. The van der Waals surface area contributed by atoms with E-state index in [0.29, 0.717) is 12.4 Å². The third-order valence-corrected chi connectivity index (χ3v) is 2.99. The number of nitrogens with one attached hydrogen (secondary N) is 1. The molecule has 7 nitrogen and oxygen atoms in total. The maximum Gasteiger partial charge on any atom is 0.245 e. The van der Waals surface area contributed by atoms with E-state index in [4.69, 9.17) is 4.74 Å². The summed E-state index contributed by atoms with van der Waals surface area (Å²) in [4.78, 5) is 0. The minimum absolute atomic E-state index is 0.181. The molecule has 0 fully saturated rings. The van der Waals surface area contributed by atoms with Gasteiger partial charge in [0.05, 0.1) is 23.1 Å². The van der Waals surface area contributed by atoms with Crippen molar-refractivity contribution >= 4 is 17.4 Å². The molecule has 104 valence electrons. The predicted molar refractivity (Wildman–Crippen MR) is 72.5 cm³/mol. The van der Waals surface area contributed by atoms with Crippen molar-refractivity contribution in [2.75, 3.05) is 18.5 Å². The minimum Gasteiger partial charge on any atom is -0.473 e. The number of aliphatic hydroxyl groups is 1. The van der Waals surface area contributed by atoms with E-state index in [1.807, 2.05) is 20.2 Å². The van der Waals surface area contributed by atoms with Crippen molar-refractivity contribution in [3.63, 3.8) is 0 Å². The predicted octanol–water partition coefficient (Wildman–Crippen LogP) is 0.686. The molecule has 0 aliphatic heterocycles. The first-order chi connectivity index (χ1) is 9.19. The van der Waals surface area contributed by atoms with Crippen LogP contribution in [-0.2, 0) is 13.5 Å². The quantitative estimate of drug-likeness (QED) is 0.777. The lowest BCUT2D eigenvalue weighted by Gasteiger charge is -2.12. The number of hydrogen-bond donors (Lipinski definition) is 2. The minimum atomic E-state index is -0.619. The van der Waals surface area contributed by atoms with Crippen LogP contribution in [0.25, 0.3) is 0 Å². The van der Waals surface area contributed by atoms with E-state index in [2.05, 4.69) is 19.2 Å². The van der Waals surface area contributed by atoms with Gasteiger partial charge in [-0.05, 0) is 6.42 Å². The van der Waals surface area contributed by atoms with Crippen LogP contribution in [0.2, 0.25) is 0 Å². The van der Waals surface area contributed by atoms with Crippen molar-refractivity contribution in [1.82, 2.24) is 18.5 Å². The van der Waals surface area contributed by atoms with Crippen molar-refractivity contribution in [1.29, 1.82) is 0 Å². The van der Waals surface area contributed by atoms with E-state index in [1.54, 1.807) is 4.68 Å². The largest absolute Gasteiger partial charge is 0.473 e. The van der Waals surface area contributed by atoms with Gasteiger partial charge in [-0.15, -0.1) is 4.37 Å². The second-order valence-electron chi connectivity index (χ2n) is 4.11. The van der Waals surface area contributed by atoms with Gasteiger partial charge in [0.25, 0.3) is 0 Å². The van der Waals surface area contributed by atoms with Crippen LogP contribution in [0.4, 0.5) is 5.69 Å². The zero-order valence-electron chi connectivity index (χ0n) is 10.9. The van der Waals surface area contributed by atoms with Crippen molar-refractivity contribution in [2.24, 2.45) is 7.05 Å². The van der Waals surface area contributed by atoms with Crippen LogP contribution < -0.4 is 10.1 Å². The van der Waals surface area contributed by atoms with E-state index in [0.717, 1.165) is 29.5 Å². The molecule has 2 N–H and O–H groups in total. The highest BCUT2D eigenvalue weighted by atomic mass is 32.1. The molecule has 0 spiro atoms. The molecule has 2 heterocycles. The number of aliphatic hydroxyl groups excluding tert-OH is 1. The highest BCUT2D eigenvalue weighted by Crippen LogP contribution is 2.13. The van der Waals surface area contributed by atoms with Crippen LogP contribution in [0.5, 0.6) is 5.88 Å². The lowest BCUT2D eigenvalue weighted by molar-refractivity contribution is 0.115. The fraction of sp³-hybridized carbons (Fsp3) is 0.545. The van der Waals surface area contributed by atoms with E-state index < -0.39 is 6.10 Å². The monoisotopic (exact) mass is 283 g/mol. The summed E-state index contributed by atoms with van der Waals surface area (Å²) >= 11 is 1.08. The van der Waals surface area contributed by atoms with Gasteiger partial charge in [0, 0.05) is 19.8 Å². The maximum atomic E-state index is 9.82. The molecule has 0 amide bonds. The fourth-order valence-corrected chi connectivity index (χ4v) is 2.00. The first-order valence-electron chi connectivity index (χ1n) is 6.04. The highest BCUT2D eigenvalue weighted by molar-refractivity contribution is 6.99. The van der Waals surface area contributed by atoms with Crippen molar-refractivity contribution in [3.8, 4) is 5.88 Å². The summed E-state index contributed by atoms with van der Waals surface area (Å²) in [5.41, 5.74) is 1.93. The molecular weight excluding hydrogens is 266 g/mol. The number of nitrogens with zero attached hydrogens (tertiary/aromatic N) is 4. The fourth-order valence-electron chi connectivity index (χ4n) is 1.63. The van der Waals surface area contributed by atoms with Gasteiger partial charge in [-0.2, -0.15) is 9.47 Å². The number of rotatable bonds is 7. The molecule has 8 heteroatoms. The van der Waals surface area contributed by atoms with Crippen LogP contribution in [0, 0.1) is 0 Å². The summed E-state index contributed by atoms with van der Waals surface area (Å²) in [7, 11) is 1.87. The second kappa shape index (κ2) is 6.48.